The van der Waals surface area contributed by atoms with Crippen LogP contribution in [0.5, 0.6) is 0 Å². The van der Waals surface area contributed by atoms with Crippen molar-refractivity contribution in [3.63, 3.8) is 0 Å². The monoisotopic (exact) mass is 507 g/mol. The molecule has 0 amide bonds. The van der Waals surface area contributed by atoms with Crippen LogP contribution >= 0.6 is 0 Å². The van der Waals surface area contributed by atoms with Crippen LogP contribution in [0.25, 0.3) is 39.0 Å². The Morgan fingerprint density at radius 1 is 0.974 bits per heavy atom. The van der Waals surface area contributed by atoms with Crippen LogP contribution < -0.4 is 0 Å². The molecular formula is C36H33N3. The number of fused-ring (bicyclic) bond motifs is 3. The fourth-order valence-electron chi connectivity index (χ4n) is 5.75. The molecule has 0 radical (unpaired) electrons. The van der Waals surface area contributed by atoms with E-state index in [0.29, 0.717) is 0 Å². The quantitative estimate of drug-likeness (QED) is 0.244. The predicted octanol–water partition coefficient (Wildman–Crippen LogP) is 9.01. The number of benzene rings is 1. The summed E-state index contributed by atoms with van der Waals surface area (Å²) in [5.74, 6) is 0. The van der Waals surface area contributed by atoms with Crippen molar-refractivity contribution in [2.75, 3.05) is 0 Å². The largest absolute Gasteiger partial charge is 0.298 e. The van der Waals surface area contributed by atoms with Crippen LogP contribution in [0, 0.1) is 0 Å². The zero-order valence-corrected chi connectivity index (χ0v) is 22.5. The maximum absolute atomic E-state index is 5.11. The third kappa shape index (κ3) is 4.88. The van der Waals surface area contributed by atoms with E-state index in [1.807, 2.05) is 12.3 Å². The van der Waals surface area contributed by atoms with E-state index in [0.717, 1.165) is 53.1 Å². The molecule has 2 aliphatic carbocycles. The molecule has 0 N–H and O–H groups in total. The first-order valence-electron chi connectivity index (χ1n) is 13.9. The Morgan fingerprint density at radius 3 is 2.79 bits per heavy atom. The van der Waals surface area contributed by atoms with Crippen LogP contribution in [0.2, 0.25) is 0 Å². The molecule has 6 rings (SSSR count). The van der Waals surface area contributed by atoms with Crippen LogP contribution in [0.4, 0.5) is 0 Å². The van der Waals surface area contributed by atoms with Crippen molar-refractivity contribution in [3.05, 3.63) is 139 Å². The van der Waals surface area contributed by atoms with E-state index in [4.69, 9.17) is 9.97 Å². The zero-order valence-electron chi connectivity index (χ0n) is 22.5. The van der Waals surface area contributed by atoms with E-state index in [1.165, 1.54) is 40.6 Å². The summed E-state index contributed by atoms with van der Waals surface area (Å²) in [5, 5.41) is 1.29. The van der Waals surface area contributed by atoms with Crippen molar-refractivity contribution >= 4 is 22.2 Å². The average Bonchev–Trinajstić information content (AvgIpc) is 3.11. The lowest BCUT2D eigenvalue weighted by Crippen LogP contribution is -2.07. The Labute approximate surface area is 231 Å². The Kier molecular flexibility index (Phi) is 7.05. The highest BCUT2D eigenvalue weighted by Crippen LogP contribution is 2.35. The van der Waals surface area contributed by atoms with E-state index in [2.05, 4.69) is 109 Å². The molecule has 3 heteroatoms. The molecular weight excluding hydrogens is 474 g/mol. The van der Waals surface area contributed by atoms with Crippen LogP contribution in [0.3, 0.4) is 0 Å². The lowest BCUT2D eigenvalue weighted by atomic mass is 9.96. The zero-order chi connectivity index (χ0) is 26.6. The molecule has 0 atom stereocenters. The smallest absolute Gasteiger partial charge is 0.144 e. The molecule has 3 aromatic heterocycles. The van der Waals surface area contributed by atoms with Crippen molar-refractivity contribution in [2.24, 2.45) is 0 Å². The molecule has 0 bridgehead atoms. The first-order valence-corrected chi connectivity index (χ1v) is 13.9. The van der Waals surface area contributed by atoms with Gasteiger partial charge in [-0.25, -0.2) is 9.97 Å². The molecule has 1 aromatic carbocycles. The highest BCUT2D eigenvalue weighted by molar-refractivity contribution is 5.85. The van der Waals surface area contributed by atoms with Gasteiger partial charge in [-0.05, 0) is 103 Å². The van der Waals surface area contributed by atoms with Crippen LogP contribution in [-0.2, 0) is 12.8 Å². The summed E-state index contributed by atoms with van der Waals surface area (Å²) in [5.41, 5.74) is 11.7. The average molecular weight is 508 g/mol. The molecule has 3 nitrogen and oxygen atoms in total. The number of hydrogen-bond acceptors (Lipinski definition) is 2. The van der Waals surface area contributed by atoms with Crippen LogP contribution in [-0.4, -0.2) is 14.5 Å². The lowest BCUT2D eigenvalue weighted by molar-refractivity contribution is 0.666. The Bertz CT molecular complexity index is 1700. The van der Waals surface area contributed by atoms with Gasteiger partial charge in [-0.2, -0.15) is 0 Å². The fourth-order valence-corrected chi connectivity index (χ4v) is 5.75. The standard InChI is InChI=1S/C36H33N3/c1-3-5-14-26(4-2)33-24-29(25-34(38-33)27-15-8-6-7-9-16-27)28-17-12-18-30(23-28)39-35-21-11-10-19-31(35)32-20-13-22-37-36(32)39/h3-9,12-15,17-18,20,22-25H,1,10-11,16,19,21H2,2H3/b14-5-,26-4+. The third-order valence-electron chi connectivity index (χ3n) is 7.64. The molecule has 3 heterocycles. The van der Waals surface area contributed by atoms with E-state index in [9.17, 15) is 0 Å². The van der Waals surface area contributed by atoms with Crippen LogP contribution in [0.1, 0.15) is 48.8 Å². The molecule has 0 saturated carbocycles. The van der Waals surface area contributed by atoms with Crippen molar-refractivity contribution < 1.29 is 0 Å². The lowest BCUT2D eigenvalue weighted by Gasteiger charge is -2.17. The number of aryl methyl sites for hydroxylation is 1. The number of rotatable bonds is 6. The summed E-state index contributed by atoms with van der Waals surface area (Å²) >= 11 is 0. The molecule has 0 unspecified atom stereocenters. The second-order valence-corrected chi connectivity index (χ2v) is 10.1. The van der Waals surface area contributed by atoms with Gasteiger partial charge in [0.25, 0.3) is 0 Å². The first-order chi connectivity index (χ1) is 19.3. The highest BCUT2D eigenvalue weighted by Gasteiger charge is 2.22. The number of nitrogens with zero attached hydrogens (tertiary/aromatic N) is 3. The molecule has 192 valence electrons. The second-order valence-electron chi connectivity index (χ2n) is 10.1. The maximum atomic E-state index is 5.11. The third-order valence-corrected chi connectivity index (χ3v) is 7.64. The van der Waals surface area contributed by atoms with E-state index in [-0.39, 0.29) is 0 Å². The van der Waals surface area contributed by atoms with Gasteiger partial charge in [-0.1, -0.05) is 73.4 Å². The minimum atomic E-state index is 0.851. The fraction of sp³-hybridized carbons (Fsp3) is 0.167. The molecule has 0 aliphatic heterocycles. The van der Waals surface area contributed by atoms with Crippen molar-refractivity contribution in [2.45, 2.75) is 39.0 Å². The summed E-state index contributed by atoms with van der Waals surface area (Å²) < 4.78 is 2.39. The normalized spacial score (nSPS) is 15.4. The van der Waals surface area contributed by atoms with Gasteiger partial charge in [0, 0.05) is 23.0 Å². The Hall–Kier alpha value is -4.50. The molecule has 0 spiro atoms. The summed E-state index contributed by atoms with van der Waals surface area (Å²) in [7, 11) is 0. The minimum absolute atomic E-state index is 0.851. The predicted molar refractivity (Wildman–Crippen MR) is 165 cm³/mol. The Morgan fingerprint density at radius 2 is 1.90 bits per heavy atom. The van der Waals surface area contributed by atoms with Gasteiger partial charge in [-0.15, -0.1) is 0 Å². The summed E-state index contributed by atoms with van der Waals surface area (Å²) in [4.78, 5) is 9.95. The molecule has 0 saturated heterocycles. The van der Waals surface area contributed by atoms with Gasteiger partial charge in [0.05, 0.1) is 11.4 Å². The second kappa shape index (κ2) is 11.1. The molecule has 2 aliphatic rings. The molecule has 39 heavy (non-hydrogen) atoms. The Balaban J connectivity index is 1.52. The summed E-state index contributed by atoms with van der Waals surface area (Å²) in [6, 6.07) is 17.6. The van der Waals surface area contributed by atoms with Gasteiger partial charge in [-0.3, -0.25) is 4.57 Å². The van der Waals surface area contributed by atoms with E-state index >= 15 is 0 Å². The minimum Gasteiger partial charge on any atom is -0.298 e. The summed E-state index contributed by atoms with van der Waals surface area (Å²) in [6.45, 7) is 5.90. The maximum Gasteiger partial charge on any atom is 0.144 e. The van der Waals surface area contributed by atoms with Gasteiger partial charge in [0.2, 0.25) is 0 Å². The molecule has 0 fully saturated rings. The van der Waals surface area contributed by atoms with E-state index in [1.54, 1.807) is 6.08 Å². The molecule has 4 aromatic rings. The van der Waals surface area contributed by atoms with Gasteiger partial charge < -0.3 is 0 Å². The number of pyridine rings is 2. The van der Waals surface area contributed by atoms with Gasteiger partial charge in [0.1, 0.15) is 5.65 Å². The van der Waals surface area contributed by atoms with Crippen molar-refractivity contribution in [3.8, 4) is 16.8 Å². The van der Waals surface area contributed by atoms with Crippen LogP contribution in [0.15, 0.2) is 116 Å². The van der Waals surface area contributed by atoms with Crippen molar-refractivity contribution in [1.29, 1.82) is 0 Å². The SMILES string of the molecule is C=C/C=C\C(=C/C)c1cc(-c2cccc(-n3c4c(c5cccnc53)CCCC4)c2)cc(C2=CC=CC=CC2)n1. The summed E-state index contributed by atoms with van der Waals surface area (Å²) in [6.07, 6.45) is 26.0. The van der Waals surface area contributed by atoms with Gasteiger partial charge in [0.15, 0.2) is 0 Å². The number of hydrogen-bond donors (Lipinski definition) is 0. The number of aromatic nitrogens is 3. The number of allylic oxidation sites excluding steroid dienone is 11. The first kappa shape index (κ1) is 24.8. The van der Waals surface area contributed by atoms with Gasteiger partial charge >= 0.3 is 0 Å². The van der Waals surface area contributed by atoms with Crippen molar-refractivity contribution in [1.82, 2.24) is 14.5 Å². The highest BCUT2D eigenvalue weighted by atomic mass is 15.1. The van der Waals surface area contributed by atoms with E-state index < -0.39 is 0 Å². The topological polar surface area (TPSA) is 30.7 Å².